The van der Waals surface area contributed by atoms with Crippen molar-refractivity contribution >= 4 is 34.9 Å². The summed E-state index contributed by atoms with van der Waals surface area (Å²) in [5, 5.41) is 5.22. The molecule has 0 radical (unpaired) electrons. The van der Waals surface area contributed by atoms with Gasteiger partial charge in [0.05, 0.1) is 0 Å². The lowest BCUT2D eigenvalue weighted by Crippen LogP contribution is -2.32. The molecule has 2 aromatic rings. The first-order valence-electron chi connectivity index (χ1n) is 7.54. The number of carbonyl (C=O) groups is 1. The van der Waals surface area contributed by atoms with Crippen molar-refractivity contribution in [2.75, 3.05) is 18.0 Å². The summed E-state index contributed by atoms with van der Waals surface area (Å²) in [5.41, 5.74) is 1.75. The zero-order valence-electron chi connectivity index (χ0n) is 12.3. The molecule has 2 aromatic carbocycles. The summed E-state index contributed by atoms with van der Waals surface area (Å²) in [6.45, 7) is 1.58. The second kappa shape index (κ2) is 5.71. The first-order chi connectivity index (χ1) is 11.2. The molecule has 4 nitrogen and oxygen atoms in total. The van der Waals surface area contributed by atoms with Crippen molar-refractivity contribution < 1.29 is 4.79 Å². The average molecular weight is 348 g/mol. The van der Waals surface area contributed by atoms with Gasteiger partial charge in [-0.2, -0.15) is 5.01 Å². The number of benzene rings is 2. The Balaban J connectivity index is 1.83. The molecule has 0 spiro atoms. The molecule has 118 valence electrons. The van der Waals surface area contributed by atoms with Gasteiger partial charge in [-0.15, -0.1) is 0 Å². The van der Waals surface area contributed by atoms with Crippen LogP contribution in [0.3, 0.4) is 0 Å². The van der Waals surface area contributed by atoms with Crippen LogP contribution < -0.4 is 4.90 Å². The van der Waals surface area contributed by atoms with E-state index in [1.54, 1.807) is 17.0 Å². The van der Waals surface area contributed by atoms with Gasteiger partial charge in [-0.25, -0.2) is 4.79 Å². The summed E-state index contributed by atoms with van der Waals surface area (Å²) in [6, 6.07) is 15.0. The number of hydrazine groups is 1. The summed E-state index contributed by atoms with van der Waals surface area (Å²) in [7, 11) is 0. The quantitative estimate of drug-likeness (QED) is 0.796. The maximum absolute atomic E-state index is 12.9. The molecule has 0 saturated carbocycles. The van der Waals surface area contributed by atoms with Crippen molar-refractivity contribution in [1.82, 2.24) is 10.0 Å². The van der Waals surface area contributed by atoms with Gasteiger partial charge in [-0.1, -0.05) is 41.4 Å². The molecule has 4 rings (SSSR count). The van der Waals surface area contributed by atoms with Crippen LogP contribution in [-0.2, 0) is 0 Å². The van der Waals surface area contributed by atoms with Crippen molar-refractivity contribution in [3.63, 3.8) is 0 Å². The van der Waals surface area contributed by atoms with E-state index in [1.807, 2.05) is 41.4 Å². The standard InChI is InChI=1S/C17H15Cl2N3O/c18-12-6-8-13(9-7-12)22-16(14-4-1-2-5-15(14)19)20-10-3-11-21(20)17(22)23/h1-2,4-9,16H,3,10-11H2/t16-/m0/s1. The molecule has 23 heavy (non-hydrogen) atoms. The van der Waals surface area contributed by atoms with Gasteiger partial charge in [-0.05, 0) is 36.8 Å². The van der Waals surface area contributed by atoms with Crippen LogP contribution in [0.25, 0.3) is 0 Å². The van der Waals surface area contributed by atoms with Crippen molar-refractivity contribution in [3.8, 4) is 0 Å². The molecule has 0 aliphatic carbocycles. The zero-order valence-corrected chi connectivity index (χ0v) is 13.8. The van der Waals surface area contributed by atoms with Crippen LogP contribution in [0.15, 0.2) is 48.5 Å². The lowest BCUT2D eigenvalue weighted by atomic mass is 10.1. The fraction of sp³-hybridized carbons (Fsp3) is 0.235. The monoisotopic (exact) mass is 347 g/mol. The van der Waals surface area contributed by atoms with Crippen molar-refractivity contribution in [2.24, 2.45) is 0 Å². The molecular weight excluding hydrogens is 333 g/mol. The van der Waals surface area contributed by atoms with E-state index in [4.69, 9.17) is 23.2 Å². The van der Waals surface area contributed by atoms with E-state index in [0.29, 0.717) is 10.0 Å². The van der Waals surface area contributed by atoms with E-state index in [0.717, 1.165) is 30.8 Å². The van der Waals surface area contributed by atoms with Gasteiger partial charge in [0.15, 0.2) is 0 Å². The largest absolute Gasteiger partial charge is 0.340 e. The summed E-state index contributed by atoms with van der Waals surface area (Å²) in [5.74, 6) is 0. The summed E-state index contributed by atoms with van der Waals surface area (Å²) >= 11 is 12.4. The van der Waals surface area contributed by atoms with Crippen LogP contribution in [-0.4, -0.2) is 29.1 Å². The molecule has 2 aliphatic heterocycles. The first kappa shape index (κ1) is 14.8. The predicted molar refractivity (Wildman–Crippen MR) is 91.5 cm³/mol. The van der Waals surface area contributed by atoms with E-state index >= 15 is 0 Å². The van der Waals surface area contributed by atoms with Crippen LogP contribution in [0.4, 0.5) is 10.5 Å². The third-order valence-corrected chi connectivity index (χ3v) is 4.91. The summed E-state index contributed by atoms with van der Waals surface area (Å²) < 4.78 is 0. The Hall–Kier alpha value is -1.75. The molecule has 2 fully saturated rings. The zero-order chi connectivity index (χ0) is 16.0. The molecule has 0 bridgehead atoms. The van der Waals surface area contributed by atoms with Crippen molar-refractivity contribution in [2.45, 2.75) is 12.6 Å². The van der Waals surface area contributed by atoms with E-state index in [-0.39, 0.29) is 12.2 Å². The third kappa shape index (κ3) is 2.38. The SMILES string of the molecule is O=C1N(c2ccc(Cl)cc2)[C@@H](c2ccccc2Cl)N2CCCN12. The number of halogens is 2. The number of nitrogens with zero attached hydrogens (tertiary/aromatic N) is 3. The topological polar surface area (TPSA) is 26.8 Å². The molecule has 1 atom stereocenters. The molecular formula is C17H15Cl2N3O. The number of carbonyl (C=O) groups excluding carboxylic acids is 1. The Kier molecular flexibility index (Phi) is 3.68. The van der Waals surface area contributed by atoms with Crippen LogP contribution in [0.5, 0.6) is 0 Å². The van der Waals surface area contributed by atoms with Crippen molar-refractivity contribution in [3.05, 3.63) is 64.1 Å². The number of amides is 2. The van der Waals surface area contributed by atoms with Crippen LogP contribution in [0.1, 0.15) is 18.2 Å². The third-order valence-electron chi connectivity index (χ3n) is 4.31. The second-order valence-electron chi connectivity index (χ2n) is 5.66. The van der Waals surface area contributed by atoms with Gasteiger partial charge >= 0.3 is 6.03 Å². The highest BCUT2D eigenvalue weighted by Crippen LogP contribution is 2.42. The Bertz CT molecular complexity index is 750. The minimum atomic E-state index is -0.222. The number of urea groups is 1. The minimum Gasteiger partial charge on any atom is -0.271 e. The lowest BCUT2D eigenvalue weighted by Gasteiger charge is -2.28. The fourth-order valence-corrected chi connectivity index (χ4v) is 3.65. The number of hydrogen-bond donors (Lipinski definition) is 0. The van der Waals surface area contributed by atoms with Gasteiger partial charge in [0.25, 0.3) is 0 Å². The Labute approximate surface area is 144 Å². The van der Waals surface area contributed by atoms with Crippen LogP contribution >= 0.6 is 23.2 Å². The van der Waals surface area contributed by atoms with Gasteiger partial charge in [-0.3, -0.25) is 9.91 Å². The lowest BCUT2D eigenvalue weighted by molar-refractivity contribution is 0.0728. The van der Waals surface area contributed by atoms with E-state index in [2.05, 4.69) is 5.01 Å². The smallest absolute Gasteiger partial charge is 0.271 e. The molecule has 0 unspecified atom stereocenters. The Morgan fingerprint density at radius 3 is 2.43 bits per heavy atom. The summed E-state index contributed by atoms with van der Waals surface area (Å²) in [6.07, 6.45) is 0.751. The average Bonchev–Trinajstić information content (AvgIpc) is 3.12. The number of fused-ring (bicyclic) bond motifs is 1. The Morgan fingerprint density at radius 2 is 1.70 bits per heavy atom. The predicted octanol–water partition coefficient (Wildman–Crippen LogP) is 4.55. The highest BCUT2D eigenvalue weighted by molar-refractivity contribution is 6.31. The molecule has 2 aliphatic rings. The van der Waals surface area contributed by atoms with E-state index in [9.17, 15) is 4.79 Å². The van der Waals surface area contributed by atoms with Crippen molar-refractivity contribution in [1.29, 1.82) is 0 Å². The molecule has 2 saturated heterocycles. The maximum atomic E-state index is 12.9. The molecule has 0 N–H and O–H groups in total. The maximum Gasteiger partial charge on any atom is 0.340 e. The highest BCUT2D eigenvalue weighted by Gasteiger charge is 2.48. The van der Waals surface area contributed by atoms with Gasteiger partial charge in [0.2, 0.25) is 0 Å². The summed E-state index contributed by atoms with van der Waals surface area (Å²) in [4.78, 5) is 14.7. The highest BCUT2D eigenvalue weighted by atomic mass is 35.5. The minimum absolute atomic E-state index is 0.0188. The number of rotatable bonds is 2. The molecule has 0 aromatic heterocycles. The molecule has 6 heteroatoms. The number of anilines is 1. The van der Waals surface area contributed by atoms with Crippen LogP contribution in [0.2, 0.25) is 10.0 Å². The number of hydrogen-bond acceptors (Lipinski definition) is 2. The molecule has 2 heterocycles. The Morgan fingerprint density at radius 1 is 0.957 bits per heavy atom. The fourth-order valence-electron chi connectivity index (χ4n) is 3.29. The normalized spacial score (nSPS) is 21.1. The van der Waals surface area contributed by atoms with E-state index in [1.165, 1.54) is 0 Å². The van der Waals surface area contributed by atoms with Crippen LogP contribution in [0, 0.1) is 0 Å². The first-order valence-corrected chi connectivity index (χ1v) is 8.30. The van der Waals surface area contributed by atoms with Gasteiger partial charge in [0.1, 0.15) is 6.17 Å². The second-order valence-corrected chi connectivity index (χ2v) is 6.51. The molecule has 2 amide bonds. The van der Waals surface area contributed by atoms with Gasteiger partial charge in [0, 0.05) is 34.4 Å². The van der Waals surface area contributed by atoms with Gasteiger partial charge < -0.3 is 0 Å². The van der Waals surface area contributed by atoms with E-state index < -0.39 is 0 Å².